The van der Waals surface area contributed by atoms with Gasteiger partial charge in [-0.25, -0.2) is 0 Å². The molecule has 1 fully saturated rings. The first-order valence-corrected chi connectivity index (χ1v) is 7.65. The topological polar surface area (TPSA) is 41.1 Å². The van der Waals surface area contributed by atoms with Crippen LogP contribution in [0, 0.1) is 6.92 Å². The second-order valence-corrected chi connectivity index (χ2v) is 6.23. The van der Waals surface area contributed by atoms with E-state index in [0.717, 1.165) is 30.5 Å². The van der Waals surface area contributed by atoms with E-state index in [4.69, 9.17) is 0 Å². The summed E-state index contributed by atoms with van der Waals surface area (Å²) in [5.41, 5.74) is 3.34. The van der Waals surface area contributed by atoms with Crippen molar-refractivity contribution in [1.29, 1.82) is 0 Å². The van der Waals surface area contributed by atoms with Crippen molar-refractivity contribution in [3.63, 3.8) is 0 Å². The molecule has 3 heteroatoms. The summed E-state index contributed by atoms with van der Waals surface area (Å²) in [7, 11) is 0. The van der Waals surface area contributed by atoms with E-state index in [9.17, 15) is 4.79 Å². The number of hydrogen-bond acceptors (Lipinski definition) is 2. The Morgan fingerprint density at radius 1 is 1.35 bits per heavy atom. The van der Waals surface area contributed by atoms with Crippen LogP contribution in [0.3, 0.4) is 0 Å². The van der Waals surface area contributed by atoms with E-state index in [0.29, 0.717) is 12.0 Å². The van der Waals surface area contributed by atoms with E-state index in [1.807, 2.05) is 0 Å². The summed E-state index contributed by atoms with van der Waals surface area (Å²) in [5, 5.41) is 6.54. The van der Waals surface area contributed by atoms with Crippen molar-refractivity contribution in [2.24, 2.45) is 0 Å². The molecule has 0 radical (unpaired) electrons. The van der Waals surface area contributed by atoms with E-state index < -0.39 is 0 Å². The zero-order chi connectivity index (χ0) is 14.7. The fourth-order valence-electron chi connectivity index (χ4n) is 2.90. The first-order chi connectivity index (χ1) is 9.49. The van der Waals surface area contributed by atoms with E-state index in [2.05, 4.69) is 56.5 Å². The maximum absolute atomic E-state index is 12.5. The fraction of sp³-hybridized carbons (Fsp3) is 0.588. The van der Waals surface area contributed by atoms with E-state index in [-0.39, 0.29) is 11.9 Å². The molecule has 1 aliphatic heterocycles. The van der Waals surface area contributed by atoms with Gasteiger partial charge in [0.05, 0.1) is 6.04 Å². The number of nitrogens with one attached hydrogen (secondary N) is 2. The van der Waals surface area contributed by atoms with Gasteiger partial charge in [0, 0.05) is 11.7 Å². The van der Waals surface area contributed by atoms with Crippen molar-refractivity contribution in [3.05, 3.63) is 29.3 Å². The Kier molecular flexibility index (Phi) is 4.81. The Bertz CT molecular complexity index is 482. The van der Waals surface area contributed by atoms with Crippen LogP contribution < -0.4 is 10.6 Å². The number of carbonyl (C=O) groups is 1. The van der Waals surface area contributed by atoms with Gasteiger partial charge in [-0.15, -0.1) is 0 Å². The summed E-state index contributed by atoms with van der Waals surface area (Å²) in [6.45, 7) is 8.52. The summed E-state index contributed by atoms with van der Waals surface area (Å²) in [4.78, 5) is 12.5. The molecule has 1 heterocycles. The number of anilines is 1. The molecule has 0 aromatic heterocycles. The fourth-order valence-corrected chi connectivity index (χ4v) is 2.90. The third kappa shape index (κ3) is 3.40. The van der Waals surface area contributed by atoms with E-state index in [1.54, 1.807) is 0 Å². The van der Waals surface area contributed by atoms with Crippen LogP contribution in [-0.2, 0) is 4.79 Å². The van der Waals surface area contributed by atoms with Gasteiger partial charge in [0.15, 0.2) is 0 Å². The molecule has 0 saturated carbocycles. The molecule has 2 rings (SSSR count). The lowest BCUT2D eigenvalue weighted by Gasteiger charge is -2.28. The molecule has 3 nitrogen and oxygen atoms in total. The van der Waals surface area contributed by atoms with Crippen LogP contribution in [0.1, 0.15) is 57.1 Å². The average molecular weight is 274 g/mol. The van der Waals surface area contributed by atoms with Crippen molar-refractivity contribution < 1.29 is 4.79 Å². The standard InChI is InChI=1S/C17H26N2O/c1-11(2)14-9-5-7-12(3)16(14)19-17(20)15-10-6-8-13(4)18-15/h5,7,9,11,13,15,18H,6,8,10H2,1-4H3,(H,19,20). The molecule has 2 atom stereocenters. The zero-order valence-electron chi connectivity index (χ0n) is 13.0. The number of rotatable bonds is 3. The number of piperidine rings is 1. The summed E-state index contributed by atoms with van der Waals surface area (Å²) in [6, 6.07) is 6.59. The van der Waals surface area contributed by atoms with Gasteiger partial charge < -0.3 is 10.6 Å². The van der Waals surface area contributed by atoms with Crippen LogP contribution in [0.15, 0.2) is 18.2 Å². The summed E-state index contributed by atoms with van der Waals surface area (Å²) in [6.07, 6.45) is 3.21. The SMILES string of the molecule is Cc1cccc(C(C)C)c1NC(=O)C1CCCC(C)N1. The Hall–Kier alpha value is -1.35. The molecule has 1 aromatic carbocycles. The highest BCUT2D eigenvalue weighted by Crippen LogP contribution is 2.28. The monoisotopic (exact) mass is 274 g/mol. The molecule has 1 aliphatic rings. The number of aryl methyl sites for hydroxylation is 1. The zero-order valence-corrected chi connectivity index (χ0v) is 13.0. The van der Waals surface area contributed by atoms with Gasteiger partial charge in [0.2, 0.25) is 5.91 Å². The predicted molar refractivity (Wildman–Crippen MR) is 84.1 cm³/mol. The van der Waals surface area contributed by atoms with Crippen LogP contribution in [-0.4, -0.2) is 18.0 Å². The second-order valence-electron chi connectivity index (χ2n) is 6.23. The number of para-hydroxylation sites is 1. The van der Waals surface area contributed by atoms with Gasteiger partial charge in [-0.05, 0) is 50.2 Å². The summed E-state index contributed by atoms with van der Waals surface area (Å²) < 4.78 is 0. The molecule has 110 valence electrons. The molecule has 1 saturated heterocycles. The van der Waals surface area contributed by atoms with Gasteiger partial charge in [-0.3, -0.25) is 4.79 Å². The van der Waals surface area contributed by atoms with Gasteiger partial charge in [-0.2, -0.15) is 0 Å². The van der Waals surface area contributed by atoms with Crippen molar-refractivity contribution in [2.45, 2.75) is 65.0 Å². The molecule has 0 aliphatic carbocycles. The third-order valence-corrected chi connectivity index (χ3v) is 4.11. The lowest BCUT2D eigenvalue weighted by atomic mass is 9.96. The van der Waals surface area contributed by atoms with Crippen LogP contribution in [0.5, 0.6) is 0 Å². The van der Waals surface area contributed by atoms with E-state index >= 15 is 0 Å². The highest BCUT2D eigenvalue weighted by Gasteiger charge is 2.25. The lowest BCUT2D eigenvalue weighted by molar-refractivity contribution is -0.118. The van der Waals surface area contributed by atoms with Gasteiger partial charge in [0.25, 0.3) is 0 Å². The minimum atomic E-state index is -0.0571. The van der Waals surface area contributed by atoms with Crippen LogP contribution in [0.2, 0.25) is 0 Å². The highest BCUT2D eigenvalue weighted by atomic mass is 16.2. The molecular formula is C17H26N2O. The number of benzene rings is 1. The molecular weight excluding hydrogens is 248 g/mol. The van der Waals surface area contributed by atoms with Crippen molar-refractivity contribution in [3.8, 4) is 0 Å². The Balaban J connectivity index is 2.15. The molecule has 1 aromatic rings. The van der Waals surface area contributed by atoms with Crippen LogP contribution >= 0.6 is 0 Å². The number of amides is 1. The number of carbonyl (C=O) groups excluding carboxylic acids is 1. The molecule has 0 spiro atoms. The van der Waals surface area contributed by atoms with Crippen LogP contribution in [0.4, 0.5) is 5.69 Å². The molecule has 20 heavy (non-hydrogen) atoms. The first kappa shape index (κ1) is 15.0. The Morgan fingerprint density at radius 2 is 2.10 bits per heavy atom. The average Bonchev–Trinajstić information content (AvgIpc) is 2.40. The minimum absolute atomic E-state index is 0.0571. The van der Waals surface area contributed by atoms with Gasteiger partial charge in [-0.1, -0.05) is 32.0 Å². The van der Waals surface area contributed by atoms with Crippen molar-refractivity contribution in [1.82, 2.24) is 5.32 Å². The molecule has 2 unspecified atom stereocenters. The quantitative estimate of drug-likeness (QED) is 0.884. The predicted octanol–water partition coefficient (Wildman–Crippen LogP) is 3.59. The largest absolute Gasteiger partial charge is 0.324 e. The highest BCUT2D eigenvalue weighted by molar-refractivity contribution is 5.96. The maximum Gasteiger partial charge on any atom is 0.241 e. The van der Waals surface area contributed by atoms with E-state index in [1.165, 1.54) is 5.56 Å². The first-order valence-electron chi connectivity index (χ1n) is 7.65. The van der Waals surface area contributed by atoms with Gasteiger partial charge >= 0.3 is 0 Å². The number of hydrogen-bond donors (Lipinski definition) is 2. The van der Waals surface area contributed by atoms with Gasteiger partial charge in [0.1, 0.15) is 0 Å². The normalized spacial score (nSPS) is 22.9. The lowest BCUT2D eigenvalue weighted by Crippen LogP contribution is -2.47. The summed E-state index contributed by atoms with van der Waals surface area (Å²) in [5.74, 6) is 0.510. The maximum atomic E-state index is 12.5. The molecule has 1 amide bonds. The molecule has 0 bridgehead atoms. The Labute approximate surface area is 122 Å². The minimum Gasteiger partial charge on any atom is -0.324 e. The third-order valence-electron chi connectivity index (χ3n) is 4.11. The van der Waals surface area contributed by atoms with Crippen molar-refractivity contribution in [2.75, 3.05) is 5.32 Å². The second kappa shape index (κ2) is 6.40. The van der Waals surface area contributed by atoms with Crippen LogP contribution in [0.25, 0.3) is 0 Å². The van der Waals surface area contributed by atoms with Crippen molar-refractivity contribution >= 4 is 11.6 Å². The Morgan fingerprint density at radius 3 is 2.75 bits per heavy atom. The molecule has 2 N–H and O–H groups in total. The smallest absolute Gasteiger partial charge is 0.241 e. The summed E-state index contributed by atoms with van der Waals surface area (Å²) >= 11 is 0.